The van der Waals surface area contributed by atoms with Gasteiger partial charge in [-0.25, -0.2) is 0 Å². The van der Waals surface area contributed by atoms with Gasteiger partial charge in [0.15, 0.2) is 0 Å². The molecule has 24 heavy (non-hydrogen) atoms. The van der Waals surface area contributed by atoms with Crippen molar-refractivity contribution in [3.63, 3.8) is 0 Å². The normalized spacial score (nSPS) is 17.8. The molecule has 0 aromatic carbocycles. The molecule has 1 atom stereocenters. The minimum atomic E-state index is -0.468. The highest BCUT2D eigenvalue weighted by Crippen LogP contribution is 2.10. The van der Waals surface area contributed by atoms with E-state index in [0.717, 1.165) is 39.1 Å². The molecule has 0 radical (unpaired) electrons. The molecule has 2 heterocycles. The van der Waals surface area contributed by atoms with Gasteiger partial charge in [0.2, 0.25) is 5.91 Å². The third-order valence-corrected chi connectivity index (χ3v) is 4.86. The first-order valence-corrected chi connectivity index (χ1v) is 9.55. The van der Waals surface area contributed by atoms with E-state index in [9.17, 15) is 9.90 Å². The number of piperazine rings is 1. The second-order valence-corrected chi connectivity index (χ2v) is 7.21. The van der Waals surface area contributed by atoms with Gasteiger partial charge in [0.25, 0.3) is 0 Å². The van der Waals surface area contributed by atoms with Gasteiger partial charge >= 0.3 is 0 Å². The monoisotopic (exact) mass is 355 g/mol. The number of nitrogens with one attached hydrogen (secondary N) is 1. The standard InChI is InChI=1S/C17H29N3O3S/c1-2-5-18-17(22)12-20-8-6-19(7-9-20)11-15(21)13-23-14-16-4-3-10-24-16/h3-4,10,15,21H,2,5-9,11-14H2,1H3,(H,18,22). The van der Waals surface area contributed by atoms with E-state index in [4.69, 9.17) is 4.74 Å². The molecule has 0 aliphatic carbocycles. The molecule has 1 aliphatic rings. The zero-order valence-electron chi connectivity index (χ0n) is 14.4. The maximum absolute atomic E-state index is 11.7. The fraction of sp³-hybridized carbons (Fsp3) is 0.706. The summed E-state index contributed by atoms with van der Waals surface area (Å²) in [4.78, 5) is 17.3. The summed E-state index contributed by atoms with van der Waals surface area (Å²) in [5.41, 5.74) is 0. The fourth-order valence-electron chi connectivity index (χ4n) is 2.69. The van der Waals surface area contributed by atoms with Crippen LogP contribution in [0.5, 0.6) is 0 Å². The van der Waals surface area contributed by atoms with Gasteiger partial charge in [-0.05, 0) is 17.9 Å². The molecule has 7 heteroatoms. The summed E-state index contributed by atoms with van der Waals surface area (Å²) in [6, 6.07) is 4.04. The third kappa shape index (κ3) is 7.27. The number of β-amino-alcohol motifs (C(OH)–C–C–N with tert-alkyl or cyclic N) is 1. The zero-order valence-corrected chi connectivity index (χ0v) is 15.3. The lowest BCUT2D eigenvalue weighted by molar-refractivity contribution is -0.122. The molecule has 1 aromatic heterocycles. The lowest BCUT2D eigenvalue weighted by Crippen LogP contribution is -2.51. The maximum Gasteiger partial charge on any atom is 0.234 e. The molecule has 0 spiro atoms. The quantitative estimate of drug-likeness (QED) is 0.649. The highest BCUT2D eigenvalue weighted by atomic mass is 32.1. The predicted molar refractivity (Wildman–Crippen MR) is 96.2 cm³/mol. The SMILES string of the molecule is CCCNC(=O)CN1CCN(CC(O)COCc2cccs2)CC1. The van der Waals surface area contributed by atoms with E-state index < -0.39 is 6.10 Å². The van der Waals surface area contributed by atoms with Crippen molar-refractivity contribution in [1.82, 2.24) is 15.1 Å². The minimum absolute atomic E-state index is 0.104. The number of rotatable bonds is 10. The molecule has 1 fully saturated rings. The van der Waals surface area contributed by atoms with E-state index in [-0.39, 0.29) is 5.91 Å². The fourth-order valence-corrected chi connectivity index (χ4v) is 3.33. The minimum Gasteiger partial charge on any atom is -0.389 e. The van der Waals surface area contributed by atoms with Crippen molar-refractivity contribution in [3.05, 3.63) is 22.4 Å². The second-order valence-electron chi connectivity index (χ2n) is 6.18. The number of nitrogens with zero attached hydrogens (tertiary/aromatic N) is 2. The van der Waals surface area contributed by atoms with Crippen molar-refractivity contribution in [3.8, 4) is 0 Å². The van der Waals surface area contributed by atoms with Crippen LogP contribution in [-0.2, 0) is 16.1 Å². The molecule has 1 aromatic rings. The average Bonchev–Trinajstić information content (AvgIpc) is 3.08. The van der Waals surface area contributed by atoms with E-state index in [1.54, 1.807) is 11.3 Å². The Morgan fingerprint density at radius 1 is 1.38 bits per heavy atom. The number of carbonyl (C=O) groups excluding carboxylic acids is 1. The van der Waals surface area contributed by atoms with Crippen LogP contribution in [-0.4, -0.2) is 79.3 Å². The van der Waals surface area contributed by atoms with Crippen LogP contribution >= 0.6 is 11.3 Å². The first kappa shape index (κ1) is 19.3. The molecule has 136 valence electrons. The summed E-state index contributed by atoms with van der Waals surface area (Å²) >= 11 is 1.66. The van der Waals surface area contributed by atoms with Gasteiger partial charge < -0.3 is 15.2 Å². The summed E-state index contributed by atoms with van der Waals surface area (Å²) in [6.07, 6.45) is 0.496. The Morgan fingerprint density at radius 3 is 2.79 bits per heavy atom. The van der Waals surface area contributed by atoms with Crippen LogP contribution in [0.25, 0.3) is 0 Å². The summed E-state index contributed by atoms with van der Waals surface area (Å²) in [5.74, 6) is 0.104. The van der Waals surface area contributed by atoms with Crippen LogP contribution in [0.3, 0.4) is 0 Å². The van der Waals surface area contributed by atoms with Crippen molar-refractivity contribution in [2.75, 3.05) is 52.4 Å². The maximum atomic E-state index is 11.7. The van der Waals surface area contributed by atoms with Crippen molar-refractivity contribution in [1.29, 1.82) is 0 Å². The number of hydrogen-bond donors (Lipinski definition) is 2. The molecule has 6 nitrogen and oxygen atoms in total. The number of carbonyl (C=O) groups is 1. The van der Waals surface area contributed by atoms with Gasteiger partial charge in [-0.15, -0.1) is 11.3 Å². The van der Waals surface area contributed by atoms with E-state index in [1.165, 1.54) is 4.88 Å². The summed E-state index contributed by atoms with van der Waals surface area (Å²) in [5, 5.41) is 15.0. The van der Waals surface area contributed by atoms with Crippen LogP contribution < -0.4 is 5.32 Å². The van der Waals surface area contributed by atoms with E-state index in [1.807, 2.05) is 17.5 Å². The molecule has 1 aliphatic heterocycles. The smallest absolute Gasteiger partial charge is 0.234 e. The van der Waals surface area contributed by atoms with Gasteiger partial charge in [-0.2, -0.15) is 0 Å². The van der Waals surface area contributed by atoms with Crippen LogP contribution in [0.1, 0.15) is 18.2 Å². The molecule has 0 saturated carbocycles. The van der Waals surface area contributed by atoms with Crippen LogP contribution in [0.15, 0.2) is 17.5 Å². The van der Waals surface area contributed by atoms with Gasteiger partial charge in [0, 0.05) is 44.1 Å². The Hall–Kier alpha value is -0.990. The number of hydrogen-bond acceptors (Lipinski definition) is 6. The topological polar surface area (TPSA) is 65.0 Å². The third-order valence-electron chi connectivity index (χ3n) is 4.01. The average molecular weight is 356 g/mol. The number of thiophene rings is 1. The van der Waals surface area contributed by atoms with Gasteiger partial charge in [0.1, 0.15) is 0 Å². The Bertz CT molecular complexity index is 462. The van der Waals surface area contributed by atoms with E-state index in [0.29, 0.717) is 26.3 Å². The first-order valence-electron chi connectivity index (χ1n) is 8.67. The lowest BCUT2D eigenvalue weighted by atomic mass is 10.2. The van der Waals surface area contributed by atoms with Crippen molar-refractivity contribution in [2.24, 2.45) is 0 Å². The van der Waals surface area contributed by atoms with Crippen LogP contribution in [0.4, 0.5) is 0 Å². The van der Waals surface area contributed by atoms with Crippen molar-refractivity contribution >= 4 is 17.2 Å². The molecular weight excluding hydrogens is 326 g/mol. The molecule has 1 saturated heterocycles. The molecule has 1 amide bonds. The number of ether oxygens (including phenoxy) is 1. The van der Waals surface area contributed by atoms with Crippen LogP contribution in [0.2, 0.25) is 0 Å². The van der Waals surface area contributed by atoms with Gasteiger partial charge in [-0.1, -0.05) is 13.0 Å². The number of amides is 1. The van der Waals surface area contributed by atoms with E-state index in [2.05, 4.69) is 22.0 Å². The van der Waals surface area contributed by atoms with Crippen LogP contribution in [0, 0.1) is 0 Å². The zero-order chi connectivity index (χ0) is 17.2. The Kier molecular flexibility index (Phi) is 8.69. The van der Waals surface area contributed by atoms with Gasteiger partial charge in [-0.3, -0.25) is 14.6 Å². The second kappa shape index (κ2) is 10.8. The first-order chi connectivity index (χ1) is 11.7. The predicted octanol–water partition coefficient (Wildman–Crippen LogP) is 0.769. The van der Waals surface area contributed by atoms with Crippen molar-refractivity contribution in [2.45, 2.75) is 26.1 Å². The van der Waals surface area contributed by atoms with Crippen molar-refractivity contribution < 1.29 is 14.6 Å². The molecule has 1 unspecified atom stereocenters. The largest absolute Gasteiger partial charge is 0.389 e. The molecular formula is C17H29N3O3S. The number of aliphatic hydroxyl groups is 1. The summed E-state index contributed by atoms with van der Waals surface area (Å²) in [7, 11) is 0. The Morgan fingerprint density at radius 2 is 2.12 bits per heavy atom. The Labute approximate surface area is 148 Å². The summed E-state index contributed by atoms with van der Waals surface area (Å²) in [6.45, 7) is 8.30. The lowest BCUT2D eigenvalue weighted by Gasteiger charge is -2.35. The summed E-state index contributed by atoms with van der Waals surface area (Å²) < 4.78 is 5.56. The molecule has 0 bridgehead atoms. The number of aliphatic hydroxyl groups excluding tert-OH is 1. The Balaban J connectivity index is 1.55. The van der Waals surface area contributed by atoms with Gasteiger partial charge in [0.05, 0.1) is 25.9 Å². The molecule has 2 rings (SSSR count). The highest BCUT2D eigenvalue weighted by molar-refractivity contribution is 7.09. The highest BCUT2D eigenvalue weighted by Gasteiger charge is 2.20. The van der Waals surface area contributed by atoms with E-state index >= 15 is 0 Å². The molecule has 2 N–H and O–H groups in total.